The van der Waals surface area contributed by atoms with E-state index < -0.39 is 12.6 Å². The molecule has 1 aromatic heterocycles. The molecule has 0 amide bonds. The van der Waals surface area contributed by atoms with Gasteiger partial charge in [0.05, 0.1) is 11.5 Å². The highest BCUT2D eigenvalue weighted by atomic mass is 79.9. The number of carboxylic acid groups (broad SMARTS) is 1. The van der Waals surface area contributed by atoms with Gasteiger partial charge in [-0.15, -0.1) is 0 Å². The van der Waals surface area contributed by atoms with Crippen molar-refractivity contribution in [1.82, 2.24) is 4.57 Å². The molecule has 0 aliphatic rings. The van der Waals surface area contributed by atoms with Crippen molar-refractivity contribution in [3.8, 4) is 5.75 Å². The molecule has 17 heavy (non-hydrogen) atoms. The number of carbonyl (C=O) groups is 1. The number of aromatic nitrogens is 1. The number of rotatable bonds is 5. The van der Waals surface area contributed by atoms with Gasteiger partial charge in [-0.05, 0) is 18.2 Å². The Labute approximate surface area is 107 Å². The van der Waals surface area contributed by atoms with Gasteiger partial charge in [-0.25, -0.2) is 0 Å². The standard InChI is InChI=1S/C12H12BrNO3/c13-5-7-14-6-4-9-10(14)2-1-3-11(9)17-8-12(15)16/h1-4,6H,5,7-8H2,(H,15,16)/p-1. The van der Waals surface area contributed by atoms with Crippen LogP contribution in [0.3, 0.4) is 0 Å². The van der Waals surface area contributed by atoms with Crippen molar-refractivity contribution in [2.24, 2.45) is 0 Å². The van der Waals surface area contributed by atoms with Gasteiger partial charge in [0.25, 0.3) is 0 Å². The van der Waals surface area contributed by atoms with Gasteiger partial charge in [-0.2, -0.15) is 0 Å². The summed E-state index contributed by atoms with van der Waals surface area (Å²) in [6.45, 7) is 0.427. The maximum atomic E-state index is 10.4. The molecule has 0 bridgehead atoms. The number of aryl methyl sites for hydroxylation is 1. The summed E-state index contributed by atoms with van der Waals surface area (Å²) >= 11 is 3.39. The van der Waals surface area contributed by atoms with E-state index in [2.05, 4.69) is 20.5 Å². The van der Waals surface area contributed by atoms with Gasteiger partial charge in [0, 0.05) is 23.5 Å². The van der Waals surface area contributed by atoms with E-state index in [1.54, 1.807) is 6.07 Å². The van der Waals surface area contributed by atoms with Crippen molar-refractivity contribution in [2.45, 2.75) is 6.54 Å². The van der Waals surface area contributed by atoms with Gasteiger partial charge in [0.1, 0.15) is 12.4 Å². The number of alkyl halides is 1. The van der Waals surface area contributed by atoms with Crippen molar-refractivity contribution in [2.75, 3.05) is 11.9 Å². The fraction of sp³-hybridized carbons (Fsp3) is 0.250. The molecule has 0 atom stereocenters. The lowest BCUT2D eigenvalue weighted by atomic mass is 10.2. The van der Waals surface area contributed by atoms with Crippen molar-refractivity contribution in [1.29, 1.82) is 0 Å². The fourth-order valence-corrected chi connectivity index (χ4v) is 2.13. The van der Waals surface area contributed by atoms with Gasteiger partial charge in [0.2, 0.25) is 0 Å². The van der Waals surface area contributed by atoms with Crippen molar-refractivity contribution < 1.29 is 14.6 Å². The lowest BCUT2D eigenvalue weighted by molar-refractivity contribution is -0.307. The third-order valence-electron chi connectivity index (χ3n) is 2.44. The summed E-state index contributed by atoms with van der Waals surface area (Å²) < 4.78 is 7.26. The summed E-state index contributed by atoms with van der Waals surface area (Å²) in [5, 5.41) is 12.1. The van der Waals surface area contributed by atoms with Gasteiger partial charge < -0.3 is 19.2 Å². The van der Waals surface area contributed by atoms with Crippen LogP contribution >= 0.6 is 15.9 Å². The maximum absolute atomic E-state index is 10.4. The molecule has 0 fully saturated rings. The molecule has 4 nitrogen and oxygen atoms in total. The van der Waals surface area contributed by atoms with Crippen LogP contribution in [0.2, 0.25) is 0 Å². The lowest BCUT2D eigenvalue weighted by Gasteiger charge is -2.08. The van der Waals surface area contributed by atoms with Crippen LogP contribution in [-0.4, -0.2) is 22.5 Å². The van der Waals surface area contributed by atoms with E-state index in [4.69, 9.17) is 4.74 Å². The first-order chi connectivity index (χ1) is 8.22. The predicted octanol–water partition coefficient (Wildman–Crippen LogP) is 1.16. The molecule has 90 valence electrons. The highest BCUT2D eigenvalue weighted by molar-refractivity contribution is 9.09. The third-order valence-corrected chi connectivity index (χ3v) is 2.80. The quantitative estimate of drug-likeness (QED) is 0.778. The number of benzene rings is 1. The summed E-state index contributed by atoms with van der Waals surface area (Å²) in [7, 11) is 0. The molecular formula is C12H11BrNO3-. The van der Waals surface area contributed by atoms with Gasteiger partial charge in [0.15, 0.2) is 0 Å². The molecule has 0 N–H and O–H groups in total. The van der Waals surface area contributed by atoms with Crippen LogP contribution < -0.4 is 9.84 Å². The number of hydrogen-bond donors (Lipinski definition) is 0. The third kappa shape index (κ3) is 2.61. The molecule has 0 aliphatic carbocycles. The molecular weight excluding hydrogens is 286 g/mol. The Morgan fingerprint density at radius 3 is 2.94 bits per heavy atom. The summed E-state index contributed by atoms with van der Waals surface area (Å²) in [5.41, 5.74) is 1.03. The molecule has 0 aliphatic heterocycles. The Balaban J connectivity index is 2.34. The Morgan fingerprint density at radius 2 is 2.24 bits per heavy atom. The Morgan fingerprint density at radius 1 is 1.41 bits per heavy atom. The first kappa shape index (κ1) is 12.0. The highest BCUT2D eigenvalue weighted by Crippen LogP contribution is 2.26. The number of carbonyl (C=O) groups excluding carboxylic acids is 1. The van der Waals surface area contributed by atoms with Crippen molar-refractivity contribution in [3.63, 3.8) is 0 Å². The molecule has 0 unspecified atom stereocenters. The number of halogens is 1. The Bertz CT molecular complexity index is 536. The predicted molar refractivity (Wildman–Crippen MR) is 66.2 cm³/mol. The first-order valence-corrected chi connectivity index (χ1v) is 6.31. The number of hydrogen-bond acceptors (Lipinski definition) is 3. The number of fused-ring (bicyclic) bond motifs is 1. The molecule has 5 heteroatoms. The van der Waals surface area contributed by atoms with E-state index in [1.165, 1.54) is 0 Å². The molecule has 1 aromatic carbocycles. The topological polar surface area (TPSA) is 54.3 Å². The van der Waals surface area contributed by atoms with Crippen LogP contribution in [0.5, 0.6) is 5.75 Å². The molecule has 0 spiro atoms. The second-order valence-corrected chi connectivity index (χ2v) is 4.34. The average Bonchev–Trinajstić information content (AvgIpc) is 2.71. The lowest BCUT2D eigenvalue weighted by Crippen LogP contribution is -2.28. The normalized spacial score (nSPS) is 10.6. The Kier molecular flexibility index (Phi) is 3.68. The first-order valence-electron chi connectivity index (χ1n) is 5.19. The number of ether oxygens (including phenoxy) is 1. The van der Waals surface area contributed by atoms with Crippen LogP contribution in [0.1, 0.15) is 0 Å². The highest BCUT2D eigenvalue weighted by Gasteiger charge is 2.05. The zero-order valence-corrected chi connectivity index (χ0v) is 10.6. The largest absolute Gasteiger partial charge is 0.546 e. The smallest absolute Gasteiger partial charge is 0.129 e. The molecule has 2 rings (SSSR count). The average molecular weight is 297 g/mol. The summed E-state index contributed by atoms with van der Waals surface area (Å²) in [6, 6.07) is 7.49. The molecule has 1 heterocycles. The van der Waals surface area contributed by atoms with Crippen LogP contribution in [0.4, 0.5) is 0 Å². The second-order valence-electron chi connectivity index (χ2n) is 3.55. The minimum atomic E-state index is -1.22. The van der Waals surface area contributed by atoms with Crippen molar-refractivity contribution >= 4 is 32.8 Å². The van der Waals surface area contributed by atoms with Crippen LogP contribution in [0.15, 0.2) is 30.5 Å². The van der Waals surface area contributed by atoms with Crippen molar-refractivity contribution in [3.05, 3.63) is 30.5 Å². The van der Waals surface area contributed by atoms with E-state index in [0.29, 0.717) is 5.75 Å². The fourth-order valence-electron chi connectivity index (χ4n) is 1.74. The maximum Gasteiger partial charge on any atom is 0.129 e. The number of carboxylic acids is 1. The minimum Gasteiger partial charge on any atom is -0.546 e. The van der Waals surface area contributed by atoms with Gasteiger partial charge in [-0.3, -0.25) is 0 Å². The summed E-state index contributed by atoms with van der Waals surface area (Å²) in [6.07, 6.45) is 1.96. The van der Waals surface area contributed by atoms with E-state index in [1.807, 2.05) is 24.4 Å². The SMILES string of the molecule is O=C([O-])COc1cccc2c1ccn2CCBr. The monoisotopic (exact) mass is 296 g/mol. The molecule has 2 aromatic rings. The van der Waals surface area contributed by atoms with Gasteiger partial charge in [-0.1, -0.05) is 22.0 Å². The summed E-state index contributed by atoms with van der Waals surface area (Å²) in [4.78, 5) is 10.4. The number of nitrogens with zero attached hydrogens (tertiary/aromatic N) is 1. The molecule has 0 radical (unpaired) electrons. The van der Waals surface area contributed by atoms with Crippen LogP contribution in [0, 0.1) is 0 Å². The van der Waals surface area contributed by atoms with Crippen LogP contribution in [-0.2, 0) is 11.3 Å². The zero-order valence-electron chi connectivity index (χ0n) is 9.06. The van der Waals surface area contributed by atoms with Gasteiger partial charge >= 0.3 is 0 Å². The second kappa shape index (κ2) is 5.23. The minimum absolute atomic E-state index is 0.428. The van der Waals surface area contributed by atoms with Crippen LogP contribution in [0.25, 0.3) is 10.9 Å². The Hall–Kier alpha value is -1.49. The van der Waals surface area contributed by atoms with E-state index >= 15 is 0 Å². The van der Waals surface area contributed by atoms with E-state index in [0.717, 1.165) is 22.8 Å². The number of aliphatic carboxylic acids is 1. The van der Waals surface area contributed by atoms with E-state index in [9.17, 15) is 9.90 Å². The van der Waals surface area contributed by atoms with E-state index in [-0.39, 0.29) is 0 Å². The molecule has 0 saturated heterocycles. The zero-order chi connectivity index (χ0) is 12.3. The molecule has 0 saturated carbocycles. The summed E-state index contributed by atoms with van der Waals surface area (Å²) in [5.74, 6) is -0.651.